The molecule has 104 valence electrons. The van der Waals surface area contributed by atoms with Gasteiger partial charge in [0.1, 0.15) is 11.0 Å². The second-order valence-corrected chi connectivity index (χ2v) is 5.15. The third kappa shape index (κ3) is 2.19. The second-order valence-electron chi connectivity index (χ2n) is 4.32. The van der Waals surface area contributed by atoms with Crippen LogP contribution >= 0.6 is 23.2 Å². The highest BCUT2D eigenvalue weighted by Gasteiger charge is 2.26. The first-order chi connectivity index (χ1) is 9.56. The Bertz CT molecular complexity index is 687. The van der Waals surface area contributed by atoms with Crippen molar-refractivity contribution in [1.82, 2.24) is 14.5 Å². The SMILES string of the molecule is O=[N+]([O-])c1cc(Cl)cnc1N1CCn2c(Cl)cnc2C1. The van der Waals surface area contributed by atoms with E-state index in [1.54, 1.807) is 11.1 Å². The van der Waals surface area contributed by atoms with Crippen LogP contribution < -0.4 is 4.90 Å². The van der Waals surface area contributed by atoms with Crippen molar-refractivity contribution in [1.29, 1.82) is 0 Å². The highest BCUT2D eigenvalue weighted by molar-refractivity contribution is 6.30. The number of rotatable bonds is 2. The Labute approximate surface area is 123 Å². The van der Waals surface area contributed by atoms with Crippen molar-refractivity contribution < 1.29 is 4.92 Å². The van der Waals surface area contributed by atoms with Gasteiger partial charge in [-0.25, -0.2) is 9.97 Å². The molecule has 0 unspecified atom stereocenters. The number of fused-ring (bicyclic) bond motifs is 1. The number of anilines is 1. The third-order valence-corrected chi connectivity index (χ3v) is 3.63. The van der Waals surface area contributed by atoms with Gasteiger partial charge >= 0.3 is 5.69 Å². The van der Waals surface area contributed by atoms with Crippen LogP contribution in [-0.2, 0) is 13.1 Å². The van der Waals surface area contributed by atoms with E-state index in [4.69, 9.17) is 23.2 Å². The Kier molecular flexibility index (Phi) is 3.23. The van der Waals surface area contributed by atoms with Gasteiger partial charge in [0.15, 0.2) is 0 Å². The summed E-state index contributed by atoms with van der Waals surface area (Å²) < 4.78 is 1.87. The van der Waals surface area contributed by atoms with E-state index in [2.05, 4.69) is 9.97 Å². The van der Waals surface area contributed by atoms with Crippen LogP contribution in [0.4, 0.5) is 11.5 Å². The summed E-state index contributed by atoms with van der Waals surface area (Å²) in [4.78, 5) is 20.7. The molecule has 7 nitrogen and oxygen atoms in total. The van der Waals surface area contributed by atoms with Gasteiger partial charge in [-0.3, -0.25) is 10.1 Å². The summed E-state index contributed by atoms with van der Waals surface area (Å²) in [5, 5.41) is 11.9. The topological polar surface area (TPSA) is 77.1 Å². The van der Waals surface area contributed by atoms with Crippen LogP contribution in [0.1, 0.15) is 5.82 Å². The molecule has 0 fully saturated rings. The maximum Gasteiger partial charge on any atom is 0.313 e. The first-order valence-corrected chi connectivity index (χ1v) is 6.56. The van der Waals surface area contributed by atoms with E-state index in [0.717, 1.165) is 5.82 Å². The van der Waals surface area contributed by atoms with E-state index in [1.807, 2.05) is 4.57 Å². The normalized spacial score (nSPS) is 14.2. The van der Waals surface area contributed by atoms with Gasteiger partial charge in [-0.2, -0.15) is 0 Å². The molecule has 0 N–H and O–H groups in total. The molecule has 1 aliphatic rings. The van der Waals surface area contributed by atoms with Gasteiger partial charge in [0, 0.05) is 25.4 Å². The summed E-state index contributed by atoms with van der Waals surface area (Å²) in [6.07, 6.45) is 2.97. The Hall–Kier alpha value is -1.86. The number of hydrogen-bond donors (Lipinski definition) is 0. The molecule has 0 spiro atoms. The summed E-state index contributed by atoms with van der Waals surface area (Å²) in [6, 6.07) is 1.30. The van der Waals surface area contributed by atoms with E-state index < -0.39 is 4.92 Å². The Balaban J connectivity index is 1.97. The lowest BCUT2D eigenvalue weighted by Crippen LogP contribution is -2.34. The quantitative estimate of drug-likeness (QED) is 0.629. The predicted molar refractivity (Wildman–Crippen MR) is 74.2 cm³/mol. The van der Waals surface area contributed by atoms with Gasteiger partial charge < -0.3 is 9.47 Å². The minimum atomic E-state index is -0.484. The molecule has 2 aromatic rings. The molecule has 9 heteroatoms. The van der Waals surface area contributed by atoms with Crippen LogP contribution in [0.3, 0.4) is 0 Å². The molecule has 0 bridgehead atoms. The standard InChI is InChI=1S/C11H9Cl2N5O2/c12-7-3-8(18(19)20)11(15-4-7)16-1-2-17-9(13)5-14-10(17)6-16/h3-5H,1-2,6H2. The number of aromatic nitrogens is 3. The molecular weight excluding hydrogens is 305 g/mol. The van der Waals surface area contributed by atoms with Crippen LogP contribution in [0.2, 0.25) is 10.2 Å². The molecule has 0 atom stereocenters. The molecular formula is C11H9Cl2N5O2. The minimum absolute atomic E-state index is 0.108. The summed E-state index contributed by atoms with van der Waals surface area (Å²) in [7, 11) is 0. The highest BCUT2D eigenvalue weighted by atomic mass is 35.5. The molecule has 0 saturated heterocycles. The molecule has 0 radical (unpaired) electrons. The zero-order chi connectivity index (χ0) is 14.3. The predicted octanol–water partition coefficient (Wildman–Crippen LogP) is 2.51. The summed E-state index contributed by atoms with van der Waals surface area (Å²) in [5.74, 6) is 1.05. The fourth-order valence-corrected chi connectivity index (χ4v) is 2.59. The lowest BCUT2D eigenvalue weighted by atomic mass is 10.3. The number of hydrogen-bond acceptors (Lipinski definition) is 5. The molecule has 0 aromatic carbocycles. The monoisotopic (exact) mass is 313 g/mol. The molecule has 1 aliphatic heterocycles. The number of pyridine rings is 1. The molecule has 20 heavy (non-hydrogen) atoms. The van der Waals surface area contributed by atoms with Crippen molar-refractivity contribution in [2.45, 2.75) is 13.1 Å². The minimum Gasteiger partial charge on any atom is -0.342 e. The average Bonchev–Trinajstić information content (AvgIpc) is 2.80. The van der Waals surface area contributed by atoms with Crippen LogP contribution in [0.5, 0.6) is 0 Å². The van der Waals surface area contributed by atoms with Crippen LogP contribution in [0, 0.1) is 10.1 Å². The lowest BCUT2D eigenvalue weighted by Gasteiger charge is -2.28. The van der Waals surface area contributed by atoms with Gasteiger partial charge in [-0.15, -0.1) is 0 Å². The van der Waals surface area contributed by atoms with E-state index in [9.17, 15) is 10.1 Å². The molecule has 3 heterocycles. The largest absolute Gasteiger partial charge is 0.342 e. The van der Waals surface area contributed by atoms with E-state index in [0.29, 0.717) is 30.6 Å². The Morgan fingerprint density at radius 2 is 2.05 bits per heavy atom. The number of halogens is 2. The summed E-state index contributed by atoms with van der Waals surface area (Å²) in [6.45, 7) is 1.59. The van der Waals surface area contributed by atoms with Crippen molar-refractivity contribution in [2.75, 3.05) is 11.4 Å². The first kappa shape index (κ1) is 13.1. The van der Waals surface area contributed by atoms with Crippen molar-refractivity contribution in [3.63, 3.8) is 0 Å². The average molecular weight is 314 g/mol. The van der Waals surface area contributed by atoms with Gasteiger partial charge in [0.25, 0.3) is 0 Å². The van der Waals surface area contributed by atoms with Gasteiger partial charge in [0.05, 0.1) is 22.7 Å². The Morgan fingerprint density at radius 3 is 2.80 bits per heavy atom. The summed E-state index contributed by atoms with van der Waals surface area (Å²) >= 11 is 11.8. The molecule has 0 aliphatic carbocycles. The van der Waals surface area contributed by atoms with Crippen LogP contribution in [-0.4, -0.2) is 26.0 Å². The Morgan fingerprint density at radius 1 is 1.25 bits per heavy atom. The van der Waals surface area contributed by atoms with E-state index >= 15 is 0 Å². The smallest absolute Gasteiger partial charge is 0.313 e. The van der Waals surface area contributed by atoms with Crippen molar-refractivity contribution >= 4 is 34.7 Å². The fourth-order valence-electron chi connectivity index (χ4n) is 2.20. The number of imidazole rings is 1. The zero-order valence-electron chi connectivity index (χ0n) is 10.2. The fraction of sp³-hybridized carbons (Fsp3) is 0.273. The second kappa shape index (κ2) is 4.92. The highest BCUT2D eigenvalue weighted by Crippen LogP contribution is 2.31. The van der Waals surface area contributed by atoms with Gasteiger partial charge in [-0.1, -0.05) is 23.2 Å². The number of nitrogens with zero attached hydrogens (tertiary/aromatic N) is 5. The third-order valence-electron chi connectivity index (χ3n) is 3.13. The molecule has 0 saturated carbocycles. The van der Waals surface area contributed by atoms with Crippen molar-refractivity contribution in [2.24, 2.45) is 0 Å². The van der Waals surface area contributed by atoms with E-state index in [-0.39, 0.29) is 10.7 Å². The van der Waals surface area contributed by atoms with Crippen LogP contribution in [0.25, 0.3) is 0 Å². The number of nitro groups is 1. The first-order valence-electron chi connectivity index (χ1n) is 5.81. The maximum absolute atomic E-state index is 11.1. The van der Waals surface area contributed by atoms with Crippen molar-refractivity contribution in [3.05, 3.63) is 44.6 Å². The van der Waals surface area contributed by atoms with E-state index in [1.165, 1.54) is 12.3 Å². The molecule has 0 amide bonds. The van der Waals surface area contributed by atoms with Gasteiger partial charge in [-0.05, 0) is 0 Å². The summed E-state index contributed by atoms with van der Waals surface area (Å²) in [5.41, 5.74) is -0.108. The maximum atomic E-state index is 11.1. The van der Waals surface area contributed by atoms with Crippen molar-refractivity contribution in [3.8, 4) is 0 Å². The zero-order valence-corrected chi connectivity index (χ0v) is 11.7. The molecule has 2 aromatic heterocycles. The van der Waals surface area contributed by atoms with Crippen LogP contribution in [0.15, 0.2) is 18.5 Å². The molecule has 3 rings (SSSR count). The van der Waals surface area contributed by atoms with Gasteiger partial charge in [0.2, 0.25) is 5.82 Å². The lowest BCUT2D eigenvalue weighted by molar-refractivity contribution is -0.384.